The molecular formula is C4H7N2+. The Kier molecular flexibility index (Phi) is 3.52. The van der Waals surface area contributed by atoms with Crippen LogP contribution in [0.3, 0.4) is 0 Å². The van der Waals surface area contributed by atoms with Crippen LogP contribution >= 0.6 is 0 Å². The molecule has 0 spiro atoms. The summed E-state index contributed by atoms with van der Waals surface area (Å²) >= 11 is 0. The van der Waals surface area contributed by atoms with E-state index in [4.69, 9.17) is 0 Å². The highest BCUT2D eigenvalue weighted by Crippen LogP contribution is 1.38. The molecule has 0 saturated carbocycles. The van der Waals surface area contributed by atoms with Gasteiger partial charge < -0.3 is 0 Å². The minimum atomic E-state index is 1.53. The molecule has 0 amide bonds. The van der Waals surface area contributed by atoms with Gasteiger partial charge in [-0.3, -0.25) is 4.99 Å². The van der Waals surface area contributed by atoms with Crippen LogP contribution in [0.15, 0.2) is 4.99 Å². The molecule has 0 aliphatic rings. The fourth-order valence-electron chi connectivity index (χ4n) is 0.114. The van der Waals surface area contributed by atoms with Crippen molar-refractivity contribution in [1.29, 1.82) is 0 Å². The molecule has 2 heteroatoms. The predicted octanol–water partition coefficient (Wildman–Crippen LogP) is -0.474. The molecule has 6 heavy (non-hydrogen) atoms. The minimum Gasteiger partial charge on any atom is -0.289 e. The molecule has 0 radical (unpaired) electrons. The van der Waals surface area contributed by atoms with Crippen LogP contribution < -0.4 is 4.67 Å². The van der Waals surface area contributed by atoms with Crippen molar-refractivity contribution in [2.24, 2.45) is 4.99 Å². The number of aliphatic imine (C=N–C) groups is 1. The number of nitrogens with zero attached hydrogens (tertiary/aromatic N) is 2. The van der Waals surface area contributed by atoms with Gasteiger partial charge in [-0.05, 0) is 0 Å². The SMILES string of the molecule is C=[N+]=CC=NC. The Morgan fingerprint density at radius 3 is 2.67 bits per heavy atom. The Morgan fingerprint density at radius 1 is 1.83 bits per heavy atom. The topological polar surface area (TPSA) is 26.5 Å². The maximum atomic E-state index is 3.61. The minimum absolute atomic E-state index is 1.53. The smallest absolute Gasteiger partial charge is 0.289 e. The van der Waals surface area contributed by atoms with Crippen LogP contribution in [0.4, 0.5) is 0 Å². The molecule has 0 aromatic heterocycles. The highest BCUT2D eigenvalue weighted by atomic mass is 14.6. The molecule has 32 valence electrons. The van der Waals surface area contributed by atoms with Crippen LogP contribution in [0, 0.1) is 0 Å². The van der Waals surface area contributed by atoms with E-state index in [0.717, 1.165) is 0 Å². The van der Waals surface area contributed by atoms with E-state index in [9.17, 15) is 0 Å². The molecule has 0 unspecified atom stereocenters. The van der Waals surface area contributed by atoms with Gasteiger partial charge in [0, 0.05) is 7.05 Å². The van der Waals surface area contributed by atoms with Crippen LogP contribution in [-0.2, 0) is 0 Å². The lowest BCUT2D eigenvalue weighted by Crippen LogP contribution is -1.75. The van der Waals surface area contributed by atoms with Gasteiger partial charge in [-0.25, -0.2) is 0 Å². The highest BCUT2D eigenvalue weighted by molar-refractivity contribution is 6.15. The second-order valence-corrected chi connectivity index (χ2v) is 0.739. The van der Waals surface area contributed by atoms with Crippen LogP contribution in [0.25, 0.3) is 0 Å². The van der Waals surface area contributed by atoms with Gasteiger partial charge in [0.1, 0.15) is 6.21 Å². The van der Waals surface area contributed by atoms with E-state index in [1.165, 1.54) is 6.21 Å². The van der Waals surface area contributed by atoms with Gasteiger partial charge >= 0.3 is 6.21 Å². The van der Waals surface area contributed by atoms with Gasteiger partial charge in [0.15, 0.2) is 0 Å². The molecule has 0 heterocycles. The summed E-state index contributed by atoms with van der Waals surface area (Å²) in [7, 11) is 1.68. The summed E-state index contributed by atoms with van der Waals surface area (Å²) < 4.78 is 3.40. The van der Waals surface area contributed by atoms with Gasteiger partial charge in [0.05, 0.1) is 0 Å². The Labute approximate surface area is 37.0 Å². The standard InChI is InChI=1S/C4H7N2/c1-5-3-4-6-2/h3-4H,1H2,2H3/q+1. The second kappa shape index (κ2) is 4.12. The zero-order valence-corrected chi connectivity index (χ0v) is 3.76. The van der Waals surface area contributed by atoms with Gasteiger partial charge in [-0.1, -0.05) is 0 Å². The summed E-state index contributed by atoms with van der Waals surface area (Å²) in [5.74, 6) is 0. The van der Waals surface area contributed by atoms with Crippen molar-refractivity contribution >= 4 is 19.1 Å². The maximum Gasteiger partial charge on any atom is 0.309 e. The first-order valence-electron chi connectivity index (χ1n) is 1.61. The van der Waals surface area contributed by atoms with Gasteiger partial charge in [-0.2, -0.15) is 0 Å². The van der Waals surface area contributed by atoms with E-state index >= 15 is 0 Å². The van der Waals surface area contributed by atoms with Gasteiger partial charge in [-0.15, -0.1) is 4.67 Å². The highest BCUT2D eigenvalue weighted by Gasteiger charge is 1.60. The Morgan fingerprint density at radius 2 is 2.50 bits per heavy atom. The molecule has 0 N–H and O–H groups in total. The van der Waals surface area contributed by atoms with E-state index < -0.39 is 0 Å². The molecule has 0 saturated heterocycles. The molecule has 0 atom stereocenters. The Balaban J connectivity index is 3.33. The van der Waals surface area contributed by atoms with E-state index in [0.29, 0.717) is 0 Å². The van der Waals surface area contributed by atoms with Crippen molar-refractivity contribution in [2.45, 2.75) is 0 Å². The number of rotatable bonds is 1. The van der Waals surface area contributed by atoms with Crippen LogP contribution in [0.2, 0.25) is 0 Å². The third-order valence-electron chi connectivity index (χ3n) is 0.321. The van der Waals surface area contributed by atoms with Gasteiger partial charge in [0.2, 0.25) is 0 Å². The normalized spacial score (nSPS) is 8.17. The molecule has 0 aliphatic carbocycles. The molecule has 0 bridgehead atoms. The number of hydrogen-bond acceptors (Lipinski definition) is 1. The van der Waals surface area contributed by atoms with E-state index in [2.05, 4.69) is 16.4 Å². The van der Waals surface area contributed by atoms with E-state index in [1.807, 2.05) is 0 Å². The second-order valence-electron chi connectivity index (χ2n) is 0.739. The maximum absolute atomic E-state index is 3.61. The quantitative estimate of drug-likeness (QED) is 0.302. The molecular weight excluding hydrogens is 76.1 g/mol. The first kappa shape index (κ1) is 5.12. The lowest BCUT2D eigenvalue weighted by atomic mass is 10.8. The van der Waals surface area contributed by atoms with E-state index in [1.54, 1.807) is 13.3 Å². The summed E-state index contributed by atoms with van der Waals surface area (Å²) in [4.78, 5) is 3.61. The third kappa shape index (κ3) is 3.12. The van der Waals surface area contributed by atoms with E-state index in [-0.39, 0.29) is 0 Å². The van der Waals surface area contributed by atoms with Crippen molar-refractivity contribution in [3.63, 3.8) is 0 Å². The summed E-state index contributed by atoms with van der Waals surface area (Å²) in [6.07, 6.45) is 3.10. The van der Waals surface area contributed by atoms with Crippen LogP contribution in [-0.4, -0.2) is 26.2 Å². The zero-order chi connectivity index (χ0) is 4.83. The van der Waals surface area contributed by atoms with Crippen molar-refractivity contribution in [3.8, 4) is 0 Å². The first-order valence-corrected chi connectivity index (χ1v) is 1.61. The first-order chi connectivity index (χ1) is 2.91. The predicted molar refractivity (Wildman–Crippen MR) is 29.7 cm³/mol. The number of hydrogen-bond donors (Lipinski definition) is 0. The summed E-state index contributed by atoms with van der Waals surface area (Å²) in [5, 5.41) is 0. The lowest BCUT2D eigenvalue weighted by Gasteiger charge is -1.51. The molecule has 0 rings (SSSR count). The third-order valence-corrected chi connectivity index (χ3v) is 0.321. The van der Waals surface area contributed by atoms with Crippen LogP contribution in [0.5, 0.6) is 0 Å². The fourth-order valence-corrected chi connectivity index (χ4v) is 0.114. The van der Waals surface area contributed by atoms with Crippen molar-refractivity contribution in [3.05, 3.63) is 0 Å². The molecule has 0 aromatic rings. The average Bonchev–Trinajstić information content (AvgIpc) is 1.61. The molecule has 0 fully saturated rings. The molecule has 0 aromatic carbocycles. The van der Waals surface area contributed by atoms with Crippen LogP contribution in [0.1, 0.15) is 0 Å². The zero-order valence-electron chi connectivity index (χ0n) is 3.76. The molecule has 2 nitrogen and oxygen atoms in total. The molecule has 0 aliphatic heterocycles. The fraction of sp³-hybridized carbons (Fsp3) is 0.250. The monoisotopic (exact) mass is 83.1 g/mol. The van der Waals surface area contributed by atoms with Crippen molar-refractivity contribution in [2.75, 3.05) is 7.05 Å². The van der Waals surface area contributed by atoms with Crippen molar-refractivity contribution < 1.29 is 0 Å². The average molecular weight is 83.1 g/mol. The van der Waals surface area contributed by atoms with Gasteiger partial charge in [0.25, 0.3) is 6.72 Å². The van der Waals surface area contributed by atoms with Crippen molar-refractivity contribution in [1.82, 2.24) is 4.67 Å². The largest absolute Gasteiger partial charge is 0.309 e. The summed E-state index contributed by atoms with van der Waals surface area (Å²) in [6.45, 7) is 3.20. The Hall–Kier alpha value is -0.880. The lowest BCUT2D eigenvalue weighted by molar-refractivity contribution is 1.48. The summed E-state index contributed by atoms with van der Waals surface area (Å²) in [5.41, 5.74) is 0. The summed E-state index contributed by atoms with van der Waals surface area (Å²) in [6, 6.07) is 0. The Bertz CT molecular complexity index is 87.7.